The van der Waals surface area contributed by atoms with Crippen molar-refractivity contribution in [3.8, 4) is 0 Å². The molecule has 0 N–H and O–H groups in total. The van der Waals surface area contributed by atoms with E-state index in [2.05, 4.69) is 36.2 Å². The van der Waals surface area contributed by atoms with Crippen LogP contribution in [0.5, 0.6) is 0 Å². The van der Waals surface area contributed by atoms with Gasteiger partial charge in [0.1, 0.15) is 5.82 Å². The maximum Gasteiger partial charge on any atom is 0.128 e. The van der Waals surface area contributed by atoms with Crippen molar-refractivity contribution in [2.45, 2.75) is 6.92 Å². The van der Waals surface area contributed by atoms with Gasteiger partial charge in [-0.25, -0.2) is 4.98 Å². The van der Waals surface area contributed by atoms with E-state index < -0.39 is 0 Å². The summed E-state index contributed by atoms with van der Waals surface area (Å²) in [5.74, 6) is 1.00. The number of fused-ring (bicyclic) bond motifs is 1. The predicted octanol–water partition coefficient (Wildman–Crippen LogP) is 2.61. The molecule has 0 amide bonds. The summed E-state index contributed by atoms with van der Waals surface area (Å²) < 4.78 is 0. The van der Waals surface area contributed by atoms with Gasteiger partial charge in [-0.3, -0.25) is 0 Å². The second kappa shape index (κ2) is 3.29. The van der Waals surface area contributed by atoms with E-state index in [-0.39, 0.29) is 0 Å². The fourth-order valence-electron chi connectivity index (χ4n) is 1.47. The van der Waals surface area contributed by atoms with Crippen molar-refractivity contribution in [2.24, 2.45) is 0 Å². The van der Waals surface area contributed by atoms with Crippen molar-refractivity contribution < 1.29 is 0 Å². The molecular weight excluding hydrogens is 172 g/mol. The van der Waals surface area contributed by atoms with Gasteiger partial charge in [-0.15, -0.1) is 0 Å². The van der Waals surface area contributed by atoms with Gasteiger partial charge < -0.3 is 4.90 Å². The third-order valence-electron chi connectivity index (χ3n) is 2.29. The minimum absolute atomic E-state index is 1.00. The summed E-state index contributed by atoms with van der Waals surface area (Å²) in [7, 11) is 4.01. The molecule has 0 aliphatic heterocycles. The summed E-state index contributed by atoms with van der Waals surface area (Å²) in [6.45, 7) is 2.09. The summed E-state index contributed by atoms with van der Waals surface area (Å²) in [4.78, 5) is 6.58. The molecule has 2 heteroatoms. The largest absolute Gasteiger partial charge is 0.363 e. The van der Waals surface area contributed by atoms with E-state index in [1.807, 2.05) is 25.1 Å². The Morgan fingerprint density at radius 3 is 2.50 bits per heavy atom. The molecule has 0 unspecified atom stereocenters. The van der Waals surface area contributed by atoms with Crippen LogP contribution in [0.15, 0.2) is 30.3 Å². The fraction of sp³-hybridized carbons (Fsp3) is 0.250. The molecule has 2 rings (SSSR count). The van der Waals surface area contributed by atoms with E-state index in [9.17, 15) is 0 Å². The fourth-order valence-corrected chi connectivity index (χ4v) is 1.47. The topological polar surface area (TPSA) is 16.1 Å². The van der Waals surface area contributed by atoms with Crippen LogP contribution in [0.2, 0.25) is 0 Å². The quantitative estimate of drug-likeness (QED) is 0.680. The monoisotopic (exact) mass is 186 g/mol. The Bertz CT molecular complexity index is 461. The maximum absolute atomic E-state index is 4.56. The molecule has 0 fully saturated rings. The standard InChI is InChI=1S/C12H14N2/c1-9-4-5-10-6-7-12(14(2)3)13-11(10)8-9/h4-8H,1-3H3. The first-order valence-electron chi connectivity index (χ1n) is 4.71. The van der Waals surface area contributed by atoms with Crippen LogP contribution >= 0.6 is 0 Å². The van der Waals surface area contributed by atoms with Crippen LogP contribution < -0.4 is 4.90 Å². The van der Waals surface area contributed by atoms with Crippen LogP contribution in [0.25, 0.3) is 10.9 Å². The molecule has 2 aromatic rings. The zero-order valence-electron chi connectivity index (χ0n) is 8.78. The van der Waals surface area contributed by atoms with Crippen LogP contribution in [0, 0.1) is 6.92 Å². The molecule has 1 aromatic heterocycles. The van der Waals surface area contributed by atoms with Gasteiger partial charge in [-0.2, -0.15) is 0 Å². The Morgan fingerprint density at radius 1 is 1.07 bits per heavy atom. The molecule has 0 saturated carbocycles. The number of hydrogen-bond acceptors (Lipinski definition) is 2. The van der Waals surface area contributed by atoms with Crippen LogP contribution in [0.1, 0.15) is 5.56 Å². The molecule has 0 radical (unpaired) electrons. The molecule has 1 heterocycles. The number of hydrogen-bond donors (Lipinski definition) is 0. The first kappa shape index (κ1) is 9.00. The highest BCUT2D eigenvalue weighted by molar-refractivity contribution is 5.80. The minimum atomic E-state index is 1.00. The van der Waals surface area contributed by atoms with E-state index >= 15 is 0 Å². The van der Waals surface area contributed by atoms with Crippen LogP contribution in [-0.4, -0.2) is 19.1 Å². The number of aryl methyl sites for hydroxylation is 1. The molecule has 0 spiro atoms. The molecule has 0 aliphatic rings. The van der Waals surface area contributed by atoms with Gasteiger partial charge in [0.25, 0.3) is 0 Å². The molecule has 0 saturated heterocycles. The average molecular weight is 186 g/mol. The molecule has 0 bridgehead atoms. The van der Waals surface area contributed by atoms with Crippen LogP contribution in [0.4, 0.5) is 5.82 Å². The molecule has 0 atom stereocenters. The number of rotatable bonds is 1. The normalized spacial score (nSPS) is 10.5. The summed E-state index contributed by atoms with van der Waals surface area (Å²) >= 11 is 0. The summed E-state index contributed by atoms with van der Waals surface area (Å²) in [6.07, 6.45) is 0. The van der Waals surface area contributed by atoms with E-state index in [0.29, 0.717) is 0 Å². The Labute approximate surface area is 84.2 Å². The first-order chi connectivity index (χ1) is 6.66. The average Bonchev–Trinajstić information content (AvgIpc) is 2.16. The first-order valence-corrected chi connectivity index (χ1v) is 4.71. The van der Waals surface area contributed by atoms with Crippen LogP contribution in [0.3, 0.4) is 0 Å². The number of pyridine rings is 1. The van der Waals surface area contributed by atoms with Crippen molar-refractivity contribution in [3.05, 3.63) is 35.9 Å². The molecule has 0 aliphatic carbocycles. The molecule has 2 nitrogen and oxygen atoms in total. The van der Waals surface area contributed by atoms with Gasteiger partial charge >= 0.3 is 0 Å². The van der Waals surface area contributed by atoms with Gasteiger partial charge in [0.15, 0.2) is 0 Å². The van der Waals surface area contributed by atoms with Gasteiger partial charge in [0, 0.05) is 19.5 Å². The Morgan fingerprint density at radius 2 is 1.79 bits per heavy atom. The lowest BCUT2D eigenvalue weighted by Crippen LogP contribution is -2.10. The second-order valence-electron chi connectivity index (χ2n) is 3.76. The van der Waals surface area contributed by atoms with Crippen molar-refractivity contribution >= 4 is 16.7 Å². The van der Waals surface area contributed by atoms with Crippen molar-refractivity contribution in [1.29, 1.82) is 0 Å². The van der Waals surface area contributed by atoms with Gasteiger partial charge in [-0.05, 0) is 30.7 Å². The number of aromatic nitrogens is 1. The summed E-state index contributed by atoms with van der Waals surface area (Å²) in [6, 6.07) is 10.5. The Kier molecular flexibility index (Phi) is 2.12. The predicted molar refractivity (Wildman–Crippen MR) is 60.8 cm³/mol. The second-order valence-corrected chi connectivity index (χ2v) is 3.76. The molecule has 1 aromatic carbocycles. The SMILES string of the molecule is Cc1ccc2ccc(N(C)C)nc2c1. The van der Waals surface area contributed by atoms with E-state index in [0.717, 1.165) is 11.3 Å². The lowest BCUT2D eigenvalue weighted by atomic mass is 10.1. The lowest BCUT2D eigenvalue weighted by molar-refractivity contribution is 1.08. The lowest BCUT2D eigenvalue weighted by Gasteiger charge is -2.11. The molecular formula is C12H14N2. The van der Waals surface area contributed by atoms with Crippen molar-refractivity contribution in [1.82, 2.24) is 4.98 Å². The van der Waals surface area contributed by atoms with E-state index in [4.69, 9.17) is 0 Å². The maximum atomic E-state index is 4.56. The number of nitrogens with zero attached hydrogens (tertiary/aromatic N) is 2. The Hall–Kier alpha value is -1.57. The zero-order chi connectivity index (χ0) is 10.1. The van der Waals surface area contributed by atoms with E-state index in [1.54, 1.807) is 0 Å². The highest BCUT2D eigenvalue weighted by Gasteiger charge is 1.99. The number of benzene rings is 1. The highest BCUT2D eigenvalue weighted by Crippen LogP contribution is 2.17. The van der Waals surface area contributed by atoms with E-state index in [1.165, 1.54) is 10.9 Å². The molecule has 14 heavy (non-hydrogen) atoms. The zero-order valence-corrected chi connectivity index (χ0v) is 8.78. The van der Waals surface area contributed by atoms with Crippen LogP contribution in [-0.2, 0) is 0 Å². The highest BCUT2D eigenvalue weighted by atomic mass is 15.1. The van der Waals surface area contributed by atoms with Crippen molar-refractivity contribution in [2.75, 3.05) is 19.0 Å². The third kappa shape index (κ3) is 1.55. The van der Waals surface area contributed by atoms with Crippen molar-refractivity contribution in [3.63, 3.8) is 0 Å². The van der Waals surface area contributed by atoms with Gasteiger partial charge in [0.2, 0.25) is 0 Å². The minimum Gasteiger partial charge on any atom is -0.363 e. The summed E-state index contributed by atoms with van der Waals surface area (Å²) in [5.41, 5.74) is 2.32. The Balaban J connectivity index is 2.63. The summed E-state index contributed by atoms with van der Waals surface area (Å²) in [5, 5.41) is 1.20. The smallest absolute Gasteiger partial charge is 0.128 e. The molecule has 72 valence electrons. The third-order valence-corrected chi connectivity index (χ3v) is 2.29. The van der Waals surface area contributed by atoms with Gasteiger partial charge in [0.05, 0.1) is 5.52 Å². The number of anilines is 1. The van der Waals surface area contributed by atoms with Gasteiger partial charge in [-0.1, -0.05) is 12.1 Å².